The Balaban J connectivity index is 2.04. The minimum atomic E-state index is -4.59. The number of alkyl halides is 3. The third-order valence-electron chi connectivity index (χ3n) is 3.12. The van der Waals surface area contributed by atoms with E-state index < -0.39 is 17.9 Å². The summed E-state index contributed by atoms with van der Waals surface area (Å²) in [6, 6.07) is 3.59. The van der Waals surface area contributed by atoms with Crippen LogP contribution in [0.4, 0.5) is 18.9 Å². The van der Waals surface area contributed by atoms with Gasteiger partial charge in [0.25, 0.3) is 0 Å². The van der Waals surface area contributed by atoms with Crippen molar-refractivity contribution in [3.05, 3.63) is 34.1 Å². The quantitative estimate of drug-likeness (QED) is 0.821. The number of carbonyl (C=O) groups is 1. The lowest BCUT2D eigenvalue weighted by Gasteiger charge is -2.11. The topological polar surface area (TPSA) is 59.8 Å². The van der Waals surface area contributed by atoms with Crippen molar-refractivity contribution in [2.24, 2.45) is 7.05 Å². The average Bonchev–Trinajstić information content (AvgIpc) is 2.81. The second kappa shape index (κ2) is 7.02. The first-order chi connectivity index (χ1) is 11.1. The van der Waals surface area contributed by atoms with Crippen molar-refractivity contribution < 1.29 is 18.0 Å². The molecule has 24 heavy (non-hydrogen) atoms. The normalized spacial score (nSPS) is 11.6. The molecule has 0 unspecified atom stereocenters. The lowest BCUT2D eigenvalue weighted by Crippen LogP contribution is -2.16. The molecule has 0 aliphatic carbocycles. The van der Waals surface area contributed by atoms with Crippen molar-refractivity contribution in [3.63, 3.8) is 0 Å². The first-order valence-electron chi connectivity index (χ1n) is 6.75. The van der Waals surface area contributed by atoms with E-state index in [-0.39, 0.29) is 10.9 Å². The molecule has 1 aromatic carbocycles. The van der Waals surface area contributed by atoms with Crippen LogP contribution >= 0.6 is 23.4 Å². The standard InChI is InChI=1S/C14H14ClF3N4OS/c1-7-4-8(2)11(9(15)5-7)19-10(23)6-24-13-21-20-12(22(13)3)14(16,17)18/h4-5H,6H2,1-3H3,(H,19,23). The van der Waals surface area contributed by atoms with Crippen molar-refractivity contribution in [1.29, 1.82) is 0 Å². The van der Waals surface area contributed by atoms with Crippen molar-refractivity contribution in [2.75, 3.05) is 11.1 Å². The Morgan fingerprint density at radius 1 is 1.33 bits per heavy atom. The summed E-state index contributed by atoms with van der Waals surface area (Å²) in [6.07, 6.45) is -4.59. The van der Waals surface area contributed by atoms with Crippen molar-refractivity contribution >= 4 is 35.0 Å². The highest BCUT2D eigenvalue weighted by Gasteiger charge is 2.37. The Labute approximate surface area is 145 Å². The van der Waals surface area contributed by atoms with Gasteiger partial charge in [-0.25, -0.2) is 0 Å². The molecule has 0 fully saturated rings. The van der Waals surface area contributed by atoms with Gasteiger partial charge in [-0.3, -0.25) is 4.79 Å². The third-order valence-corrected chi connectivity index (χ3v) is 4.44. The first kappa shape index (κ1) is 18.6. The number of aromatic nitrogens is 3. The van der Waals surface area contributed by atoms with Crippen LogP contribution in [-0.4, -0.2) is 26.4 Å². The Morgan fingerprint density at radius 2 is 2.00 bits per heavy atom. The highest BCUT2D eigenvalue weighted by molar-refractivity contribution is 7.99. The molecule has 2 aromatic rings. The molecule has 0 aliphatic heterocycles. The molecule has 10 heteroatoms. The van der Waals surface area contributed by atoms with Crippen LogP contribution in [0.15, 0.2) is 17.3 Å². The predicted molar refractivity (Wildman–Crippen MR) is 86.3 cm³/mol. The van der Waals surface area contributed by atoms with Gasteiger partial charge in [-0.1, -0.05) is 29.4 Å². The average molecular weight is 379 g/mol. The molecule has 130 valence electrons. The van der Waals surface area contributed by atoms with Crippen LogP contribution < -0.4 is 5.32 Å². The van der Waals surface area contributed by atoms with E-state index in [0.29, 0.717) is 10.7 Å². The molecule has 0 radical (unpaired) electrons. The second-order valence-electron chi connectivity index (χ2n) is 5.14. The van der Waals surface area contributed by atoms with Gasteiger partial charge in [0.15, 0.2) is 5.16 Å². The molecule has 0 bridgehead atoms. The maximum atomic E-state index is 12.6. The van der Waals surface area contributed by atoms with Crippen LogP contribution in [0.2, 0.25) is 5.02 Å². The zero-order valence-electron chi connectivity index (χ0n) is 13.0. The van der Waals surface area contributed by atoms with Crippen LogP contribution in [0.1, 0.15) is 17.0 Å². The minimum Gasteiger partial charge on any atom is -0.324 e. The number of nitrogens with one attached hydrogen (secondary N) is 1. The number of aryl methyl sites for hydroxylation is 2. The van der Waals surface area contributed by atoms with Gasteiger partial charge in [-0.05, 0) is 31.0 Å². The van der Waals surface area contributed by atoms with Crippen LogP contribution in [0, 0.1) is 13.8 Å². The summed E-state index contributed by atoms with van der Waals surface area (Å²) >= 11 is 6.96. The van der Waals surface area contributed by atoms with E-state index in [0.717, 1.165) is 27.5 Å². The summed E-state index contributed by atoms with van der Waals surface area (Å²) in [7, 11) is 1.20. The van der Waals surface area contributed by atoms with Gasteiger partial charge >= 0.3 is 6.18 Å². The lowest BCUT2D eigenvalue weighted by molar-refractivity contribution is -0.147. The summed E-state index contributed by atoms with van der Waals surface area (Å²) in [5.74, 6) is -1.62. The van der Waals surface area contributed by atoms with Gasteiger partial charge in [-0.2, -0.15) is 13.2 Å². The number of carbonyl (C=O) groups excluding carboxylic acids is 1. The zero-order chi connectivity index (χ0) is 18.1. The minimum absolute atomic E-state index is 0.00389. The molecular weight excluding hydrogens is 365 g/mol. The van der Waals surface area contributed by atoms with Gasteiger partial charge < -0.3 is 9.88 Å². The lowest BCUT2D eigenvalue weighted by atomic mass is 10.1. The summed E-state index contributed by atoms with van der Waals surface area (Å²) in [6.45, 7) is 3.69. The number of nitrogens with zero attached hydrogens (tertiary/aromatic N) is 3. The van der Waals surface area contributed by atoms with E-state index >= 15 is 0 Å². The molecule has 1 amide bonds. The predicted octanol–water partition coefficient (Wildman–Crippen LogP) is 3.83. The fraction of sp³-hybridized carbons (Fsp3) is 0.357. The monoisotopic (exact) mass is 378 g/mol. The van der Waals surface area contributed by atoms with Crippen LogP contribution in [-0.2, 0) is 18.0 Å². The molecule has 0 saturated heterocycles. The van der Waals surface area contributed by atoms with Gasteiger partial charge in [-0.15, -0.1) is 10.2 Å². The Hall–Kier alpha value is -1.74. The Morgan fingerprint density at radius 3 is 2.54 bits per heavy atom. The van der Waals surface area contributed by atoms with E-state index in [1.165, 1.54) is 7.05 Å². The largest absolute Gasteiger partial charge is 0.451 e. The van der Waals surface area contributed by atoms with Crippen LogP contribution in [0.5, 0.6) is 0 Å². The molecule has 2 rings (SSSR count). The van der Waals surface area contributed by atoms with Gasteiger partial charge in [0.1, 0.15) is 0 Å². The van der Waals surface area contributed by atoms with Gasteiger partial charge in [0, 0.05) is 7.05 Å². The second-order valence-corrected chi connectivity index (χ2v) is 6.49. The number of rotatable bonds is 4. The molecule has 0 spiro atoms. The Kier molecular flexibility index (Phi) is 5.44. The first-order valence-corrected chi connectivity index (χ1v) is 8.12. The molecule has 0 aliphatic rings. The number of hydrogen-bond acceptors (Lipinski definition) is 4. The number of halogens is 4. The maximum absolute atomic E-state index is 12.6. The number of anilines is 1. The highest BCUT2D eigenvalue weighted by atomic mass is 35.5. The molecule has 1 N–H and O–H groups in total. The van der Waals surface area contributed by atoms with E-state index in [1.807, 2.05) is 13.0 Å². The molecule has 0 saturated carbocycles. The van der Waals surface area contributed by atoms with Crippen LogP contribution in [0.25, 0.3) is 0 Å². The highest BCUT2D eigenvalue weighted by Crippen LogP contribution is 2.30. The summed E-state index contributed by atoms with van der Waals surface area (Å²) in [4.78, 5) is 12.0. The van der Waals surface area contributed by atoms with E-state index in [4.69, 9.17) is 11.6 Å². The van der Waals surface area contributed by atoms with Crippen molar-refractivity contribution in [2.45, 2.75) is 25.2 Å². The number of benzene rings is 1. The summed E-state index contributed by atoms with van der Waals surface area (Å²) < 4.78 is 38.7. The number of hydrogen-bond donors (Lipinski definition) is 1. The smallest absolute Gasteiger partial charge is 0.324 e. The molecule has 1 heterocycles. The molecule has 1 aromatic heterocycles. The molecule has 5 nitrogen and oxygen atoms in total. The maximum Gasteiger partial charge on any atom is 0.451 e. The summed E-state index contributed by atoms with van der Waals surface area (Å²) in [5.41, 5.74) is 2.25. The van der Waals surface area contributed by atoms with Crippen molar-refractivity contribution in [3.8, 4) is 0 Å². The third kappa shape index (κ3) is 4.21. The van der Waals surface area contributed by atoms with E-state index in [9.17, 15) is 18.0 Å². The van der Waals surface area contributed by atoms with Gasteiger partial charge in [0.05, 0.1) is 16.5 Å². The Bertz CT molecular complexity index is 753. The fourth-order valence-electron chi connectivity index (χ4n) is 2.07. The van der Waals surface area contributed by atoms with E-state index in [1.54, 1.807) is 13.0 Å². The van der Waals surface area contributed by atoms with Crippen molar-refractivity contribution in [1.82, 2.24) is 14.8 Å². The van der Waals surface area contributed by atoms with Crippen LogP contribution in [0.3, 0.4) is 0 Å². The zero-order valence-corrected chi connectivity index (χ0v) is 14.6. The molecular formula is C14H14ClF3N4OS. The number of thioether (sulfide) groups is 1. The van der Waals surface area contributed by atoms with E-state index in [2.05, 4.69) is 15.5 Å². The SMILES string of the molecule is Cc1cc(C)c(NC(=O)CSc2nnc(C(F)(F)F)n2C)c(Cl)c1. The molecule has 0 atom stereocenters. The van der Waals surface area contributed by atoms with Gasteiger partial charge in [0.2, 0.25) is 11.7 Å². The fourth-order valence-corrected chi connectivity index (χ4v) is 3.15. The number of amides is 1. The summed E-state index contributed by atoms with van der Waals surface area (Å²) in [5, 5.41) is 9.63.